The lowest BCUT2D eigenvalue weighted by atomic mass is 10.1. The first-order chi connectivity index (χ1) is 13.7. The summed E-state index contributed by atoms with van der Waals surface area (Å²) in [6, 6.07) is 16.2. The lowest BCUT2D eigenvalue weighted by molar-refractivity contribution is -0.137. The van der Waals surface area contributed by atoms with Crippen LogP contribution >= 0.6 is 23.1 Å². The van der Waals surface area contributed by atoms with Crippen molar-refractivity contribution >= 4 is 39.4 Å². The van der Waals surface area contributed by atoms with Gasteiger partial charge < -0.3 is 0 Å². The minimum Gasteiger partial charge on any atom is -0.298 e. The number of thiophene rings is 1. The average molecular weight is 460 g/mol. The van der Waals surface area contributed by atoms with E-state index in [4.69, 9.17) is 0 Å². The van der Waals surface area contributed by atoms with Crippen LogP contribution in [0.4, 0.5) is 13.2 Å². The summed E-state index contributed by atoms with van der Waals surface area (Å²) in [5, 5.41) is 1.85. The summed E-state index contributed by atoms with van der Waals surface area (Å²) in [5.74, 6) is 0. The second kappa shape index (κ2) is 10.1. The van der Waals surface area contributed by atoms with Crippen molar-refractivity contribution in [2.45, 2.75) is 20.2 Å². The molecule has 3 rings (SSSR count). The van der Waals surface area contributed by atoms with Gasteiger partial charge >= 0.3 is 6.18 Å². The maximum atomic E-state index is 12.1. The first-order valence-corrected chi connectivity index (χ1v) is 11.2. The molecule has 0 saturated carbocycles. The van der Waals surface area contributed by atoms with E-state index in [9.17, 15) is 26.4 Å². The van der Waals surface area contributed by atoms with Crippen LogP contribution in [0.5, 0.6) is 0 Å². The maximum absolute atomic E-state index is 12.1. The standard InChI is InChI=1S/C11H11NO2S3.C8H5F3O/c1-12-17(13,14)11-7-10(8-15-11)16-9-5-3-2-4-6-9;9-8(10,11)7-4-2-1-3-6(7)5-12/h2-8,12H,1H3;1-5H. The Morgan fingerprint density at radius 3 is 2.17 bits per heavy atom. The zero-order chi connectivity index (χ0) is 21.5. The number of sulfonamides is 1. The van der Waals surface area contributed by atoms with Crippen LogP contribution in [0.15, 0.2) is 80.0 Å². The number of halogens is 3. The van der Waals surface area contributed by atoms with Gasteiger partial charge in [-0.05, 0) is 31.3 Å². The number of alkyl halides is 3. The van der Waals surface area contributed by atoms with Gasteiger partial charge in [-0.15, -0.1) is 11.3 Å². The molecule has 0 bridgehead atoms. The van der Waals surface area contributed by atoms with Gasteiger partial charge in [0.1, 0.15) is 4.21 Å². The Kier molecular flexibility index (Phi) is 8.03. The van der Waals surface area contributed by atoms with E-state index < -0.39 is 21.8 Å². The summed E-state index contributed by atoms with van der Waals surface area (Å²) < 4.78 is 62.0. The quantitative estimate of drug-likeness (QED) is 0.524. The fourth-order valence-electron chi connectivity index (χ4n) is 2.08. The van der Waals surface area contributed by atoms with Crippen molar-refractivity contribution in [2.75, 3.05) is 7.05 Å². The first kappa shape index (κ1) is 23.1. The molecule has 0 aliphatic carbocycles. The van der Waals surface area contributed by atoms with Gasteiger partial charge in [0.15, 0.2) is 6.29 Å². The van der Waals surface area contributed by atoms with E-state index in [0.717, 1.165) is 21.9 Å². The smallest absolute Gasteiger partial charge is 0.298 e. The minimum atomic E-state index is -4.45. The molecule has 0 amide bonds. The van der Waals surface area contributed by atoms with Crippen LogP contribution in [-0.2, 0) is 16.2 Å². The third kappa shape index (κ3) is 6.70. The molecule has 10 heteroatoms. The third-order valence-electron chi connectivity index (χ3n) is 3.46. The highest BCUT2D eigenvalue weighted by atomic mass is 32.2. The Hall–Kier alpha value is -2.14. The predicted molar refractivity (Wildman–Crippen MR) is 108 cm³/mol. The van der Waals surface area contributed by atoms with Crippen molar-refractivity contribution in [2.24, 2.45) is 0 Å². The minimum absolute atomic E-state index is 0.197. The lowest BCUT2D eigenvalue weighted by Crippen LogP contribution is -2.17. The molecule has 29 heavy (non-hydrogen) atoms. The summed E-state index contributed by atoms with van der Waals surface area (Å²) in [7, 11) is -1.90. The van der Waals surface area contributed by atoms with Crippen molar-refractivity contribution in [1.29, 1.82) is 0 Å². The highest BCUT2D eigenvalue weighted by Gasteiger charge is 2.32. The number of nitrogens with one attached hydrogen (secondary N) is 1. The van der Waals surface area contributed by atoms with Gasteiger partial charge in [0.05, 0.1) is 5.56 Å². The van der Waals surface area contributed by atoms with Crippen molar-refractivity contribution in [1.82, 2.24) is 4.72 Å². The number of carbonyl (C=O) groups is 1. The fraction of sp³-hybridized carbons (Fsp3) is 0.105. The van der Waals surface area contributed by atoms with Gasteiger partial charge in [0.25, 0.3) is 0 Å². The number of carbonyl (C=O) groups excluding carboxylic acids is 1. The van der Waals surface area contributed by atoms with Crippen molar-refractivity contribution < 1.29 is 26.4 Å². The Morgan fingerprint density at radius 1 is 1.00 bits per heavy atom. The lowest BCUT2D eigenvalue weighted by Gasteiger charge is -2.07. The molecule has 1 N–H and O–H groups in total. The van der Waals surface area contributed by atoms with E-state index in [1.807, 2.05) is 35.7 Å². The predicted octanol–water partition coefficient (Wildman–Crippen LogP) is 5.33. The molecule has 0 fully saturated rings. The molecule has 4 nitrogen and oxygen atoms in total. The molecule has 0 radical (unpaired) electrons. The van der Waals surface area contributed by atoms with Crippen molar-refractivity contribution in [3.63, 3.8) is 0 Å². The van der Waals surface area contributed by atoms with E-state index in [1.54, 1.807) is 17.8 Å². The second-order valence-corrected chi connectivity index (χ2v) is 9.60. The van der Waals surface area contributed by atoms with Crippen LogP contribution in [0.3, 0.4) is 0 Å². The van der Waals surface area contributed by atoms with E-state index >= 15 is 0 Å². The second-order valence-electron chi connectivity index (χ2n) is 5.43. The maximum Gasteiger partial charge on any atom is 0.417 e. The Balaban J connectivity index is 0.000000221. The number of hydrogen-bond donors (Lipinski definition) is 1. The van der Waals surface area contributed by atoms with Gasteiger partial charge in [-0.25, -0.2) is 13.1 Å². The van der Waals surface area contributed by atoms with Gasteiger partial charge in [0.2, 0.25) is 10.0 Å². The average Bonchev–Trinajstić information content (AvgIpc) is 3.18. The number of benzene rings is 2. The third-order valence-corrected chi connectivity index (χ3v) is 7.44. The molecule has 0 atom stereocenters. The summed E-state index contributed by atoms with van der Waals surface area (Å²) >= 11 is 2.78. The number of rotatable bonds is 5. The summed E-state index contributed by atoms with van der Waals surface area (Å²) in [5.41, 5.74) is -1.22. The number of aldehydes is 1. The van der Waals surface area contributed by atoms with Crippen LogP contribution in [0.25, 0.3) is 0 Å². The molecule has 0 spiro atoms. The number of hydrogen-bond acceptors (Lipinski definition) is 5. The molecule has 1 aromatic heterocycles. The van der Waals surface area contributed by atoms with Gasteiger partial charge in [-0.2, -0.15) is 13.2 Å². The zero-order valence-electron chi connectivity index (χ0n) is 15.0. The molecule has 1 heterocycles. The van der Waals surface area contributed by atoms with Crippen LogP contribution in [0.1, 0.15) is 15.9 Å². The van der Waals surface area contributed by atoms with Gasteiger partial charge in [-0.3, -0.25) is 4.79 Å². The van der Waals surface area contributed by atoms with E-state index in [0.29, 0.717) is 4.21 Å². The molecule has 0 aliphatic rings. The van der Waals surface area contributed by atoms with Crippen LogP contribution in [-0.4, -0.2) is 21.8 Å². The monoisotopic (exact) mass is 459 g/mol. The molecular formula is C19H16F3NO3S3. The molecule has 0 saturated heterocycles. The van der Waals surface area contributed by atoms with Crippen molar-refractivity contribution in [3.8, 4) is 0 Å². The molecule has 3 aromatic rings. The topological polar surface area (TPSA) is 63.2 Å². The normalized spacial score (nSPS) is 11.4. The largest absolute Gasteiger partial charge is 0.417 e. The Morgan fingerprint density at radius 2 is 1.62 bits per heavy atom. The molecule has 154 valence electrons. The van der Waals surface area contributed by atoms with Crippen molar-refractivity contribution in [3.05, 3.63) is 77.2 Å². The molecule has 2 aromatic carbocycles. The van der Waals surface area contributed by atoms with E-state index in [2.05, 4.69) is 4.72 Å². The molecule has 0 unspecified atom stereocenters. The Labute approximate surface area is 174 Å². The summed E-state index contributed by atoms with van der Waals surface area (Å²) in [4.78, 5) is 12.2. The first-order valence-electron chi connectivity index (χ1n) is 8.04. The summed E-state index contributed by atoms with van der Waals surface area (Å²) in [6.07, 6.45) is -4.25. The zero-order valence-corrected chi connectivity index (χ0v) is 17.5. The van der Waals surface area contributed by atoms with Crippen LogP contribution in [0.2, 0.25) is 0 Å². The fourth-order valence-corrected chi connectivity index (χ4v) is 5.19. The van der Waals surface area contributed by atoms with Gasteiger partial charge in [0, 0.05) is 20.7 Å². The van der Waals surface area contributed by atoms with Crippen LogP contribution < -0.4 is 4.72 Å². The molecule has 0 aliphatic heterocycles. The highest BCUT2D eigenvalue weighted by molar-refractivity contribution is 7.99. The van der Waals surface area contributed by atoms with Gasteiger partial charge in [-0.1, -0.05) is 48.2 Å². The van der Waals surface area contributed by atoms with Crippen LogP contribution in [0, 0.1) is 0 Å². The molecular weight excluding hydrogens is 443 g/mol. The van der Waals surface area contributed by atoms with E-state index in [-0.39, 0.29) is 11.8 Å². The summed E-state index contributed by atoms with van der Waals surface area (Å²) in [6.45, 7) is 0. The Bertz CT molecular complexity index is 1050. The SMILES string of the molecule is CNS(=O)(=O)c1cc(Sc2ccccc2)cs1.O=Cc1ccccc1C(F)(F)F. The van der Waals surface area contributed by atoms with E-state index in [1.165, 1.54) is 30.5 Å². The highest BCUT2D eigenvalue weighted by Crippen LogP contribution is 2.33.